The Hall–Kier alpha value is -2.04. The molecule has 1 aromatic rings. The van der Waals surface area contributed by atoms with Crippen molar-refractivity contribution in [2.45, 2.75) is 26.4 Å². The zero-order chi connectivity index (χ0) is 17.9. The van der Waals surface area contributed by atoms with Crippen LogP contribution in [0.15, 0.2) is 12.1 Å². The minimum absolute atomic E-state index is 0.00393. The van der Waals surface area contributed by atoms with E-state index in [0.29, 0.717) is 11.2 Å². The van der Waals surface area contributed by atoms with Gasteiger partial charge in [-0.05, 0) is 42.6 Å². The lowest BCUT2D eigenvalue weighted by Gasteiger charge is -2.14. The number of aryl methyl sites for hydroxylation is 1. The fourth-order valence-corrected chi connectivity index (χ4v) is 2.90. The van der Waals surface area contributed by atoms with E-state index in [1.807, 2.05) is 6.92 Å². The Kier molecular flexibility index (Phi) is 5.87. The Morgan fingerprint density at radius 2 is 2.29 bits per heavy atom. The highest BCUT2D eigenvalue weighted by atomic mass is 32.2. The number of nitrogens with two attached hydrogens (primary N) is 2. The number of ether oxygens (including phenoxy) is 2. The smallest absolute Gasteiger partial charge is 0.466 e. The molecule has 0 spiro atoms. The number of carbonyl (C=O) groups is 1. The predicted octanol–water partition coefficient (Wildman–Crippen LogP) is -1.17. The van der Waals surface area contributed by atoms with E-state index in [9.17, 15) is 9.82 Å². The number of esters is 1. The summed E-state index contributed by atoms with van der Waals surface area (Å²) in [6.07, 6.45) is -0.562. The van der Waals surface area contributed by atoms with Gasteiger partial charge in [0.1, 0.15) is 5.75 Å². The third-order valence-corrected chi connectivity index (χ3v) is 3.86. The zero-order valence-corrected chi connectivity index (χ0v) is 14.2. The minimum atomic E-state index is -1.17. The van der Waals surface area contributed by atoms with E-state index in [4.69, 9.17) is 30.7 Å². The van der Waals surface area contributed by atoms with E-state index in [1.54, 1.807) is 19.1 Å². The highest BCUT2D eigenvalue weighted by Crippen LogP contribution is 2.32. The summed E-state index contributed by atoms with van der Waals surface area (Å²) in [5, 5.41) is 22.9. The van der Waals surface area contributed by atoms with Crippen LogP contribution in [0.1, 0.15) is 30.6 Å². The number of amidine groups is 1. The van der Waals surface area contributed by atoms with Crippen molar-refractivity contribution in [1.82, 2.24) is 0 Å². The summed E-state index contributed by atoms with van der Waals surface area (Å²) in [5.74, 6) is -0.0427. The largest absolute Gasteiger partial charge is 0.492 e. The van der Waals surface area contributed by atoms with Crippen LogP contribution in [-0.4, -0.2) is 35.1 Å². The molecule has 0 radical (unpaired) electrons. The van der Waals surface area contributed by atoms with Gasteiger partial charge in [0.15, 0.2) is 0 Å². The fraction of sp³-hybridized carbons (Fsp3) is 0.357. The second-order valence-corrected chi connectivity index (χ2v) is 6.17. The first kappa shape index (κ1) is 18.3. The van der Waals surface area contributed by atoms with Crippen LogP contribution in [0, 0.1) is 12.3 Å². The lowest BCUT2D eigenvalue weighted by Crippen LogP contribution is -2.44. The van der Waals surface area contributed by atoms with E-state index in [0.717, 1.165) is 22.9 Å². The quantitative estimate of drug-likeness (QED) is 0.232. The summed E-state index contributed by atoms with van der Waals surface area (Å²) in [6, 6.07) is 3.26. The van der Waals surface area contributed by atoms with E-state index >= 15 is 0 Å². The average Bonchev–Trinajstić information content (AvgIpc) is 2.74. The molecule has 0 aromatic heterocycles. The van der Waals surface area contributed by atoms with Gasteiger partial charge in [0.25, 0.3) is 5.23 Å². The van der Waals surface area contributed by atoms with Gasteiger partial charge in [-0.25, -0.2) is 0 Å². The normalized spacial score (nSPS) is 15.8. The third-order valence-electron chi connectivity index (χ3n) is 3.35. The number of fused-ring (bicyclic) bond motifs is 1. The van der Waals surface area contributed by atoms with Gasteiger partial charge in [0.2, 0.25) is 0 Å². The fourth-order valence-electron chi connectivity index (χ4n) is 2.55. The van der Waals surface area contributed by atoms with Gasteiger partial charge < -0.3 is 19.2 Å². The van der Waals surface area contributed by atoms with Crippen molar-refractivity contribution in [2.24, 2.45) is 5.73 Å². The molecular weight excluding hydrogens is 333 g/mol. The number of carbonyl (C=O) groups excluding carboxylic acids is 1. The molecule has 0 fully saturated rings. The SMILES string of the molecule is CCOC(=O)CC1OB(O)c2cc(OC(=N)SC(N)=[NH2+])cc(C)c21. The molecule has 0 bridgehead atoms. The predicted molar refractivity (Wildman–Crippen MR) is 90.9 cm³/mol. The molecule has 24 heavy (non-hydrogen) atoms. The molecule has 0 amide bonds. The minimum Gasteiger partial charge on any atom is -0.466 e. The zero-order valence-electron chi connectivity index (χ0n) is 13.4. The van der Waals surface area contributed by atoms with Crippen molar-refractivity contribution >= 4 is 40.7 Å². The van der Waals surface area contributed by atoms with Crippen molar-refractivity contribution in [2.75, 3.05) is 6.61 Å². The monoisotopic (exact) mass is 352 g/mol. The molecule has 2 rings (SSSR count). The van der Waals surface area contributed by atoms with Gasteiger partial charge in [-0.1, -0.05) is 0 Å². The first-order valence-electron chi connectivity index (χ1n) is 7.27. The molecule has 128 valence electrons. The van der Waals surface area contributed by atoms with Crippen LogP contribution < -0.4 is 21.3 Å². The van der Waals surface area contributed by atoms with E-state index < -0.39 is 19.2 Å². The number of thioether (sulfide) groups is 1. The lowest BCUT2D eigenvalue weighted by molar-refractivity contribution is -0.145. The van der Waals surface area contributed by atoms with Gasteiger partial charge in [0.05, 0.1) is 30.9 Å². The van der Waals surface area contributed by atoms with Crippen LogP contribution in [0.2, 0.25) is 0 Å². The molecule has 1 atom stereocenters. The average molecular weight is 352 g/mol. The first-order valence-corrected chi connectivity index (χ1v) is 8.09. The number of hydrogen-bond donors (Lipinski definition) is 4. The summed E-state index contributed by atoms with van der Waals surface area (Å²) in [7, 11) is -1.17. The van der Waals surface area contributed by atoms with Crippen molar-refractivity contribution < 1.29 is 29.4 Å². The van der Waals surface area contributed by atoms with Gasteiger partial charge >= 0.3 is 18.3 Å². The highest BCUT2D eigenvalue weighted by Gasteiger charge is 2.38. The van der Waals surface area contributed by atoms with E-state index in [2.05, 4.69) is 0 Å². The highest BCUT2D eigenvalue weighted by molar-refractivity contribution is 8.25. The molecule has 1 aliphatic rings. The molecule has 1 aliphatic heterocycles. The van der Waals surface area contributed by atoms with Crippen LogP contribution in [0.4, 0.5) is 0 Å². The third kappa shape index (κ3) is 4.28. The van der Waals surface area contributed by atoms with Crippen molar-refractivity contribution in [3.05, 3.63) is 23.3 Å². The summed E-state index contributed by atoms with van der Waals surface area (Å²) in [4.78, 5) is 11.7. The van der Waals surface area contributed by atoms with Gasteiger partial charge in [-0.2, -0.15) is 0 Å². The lowest BCUT2D eigenvalue weighted by atomic mass is 9.77. The van der Waals surface area contributed by atoms with Crippen LogP contribution >= 0.6 is 11.8 Å². The molecule has 0 saturated carbocycles. The Morgan fingerprint density at radius 3 is 2.92 bits per heavy atom. The van der Waals surface area contributed by atoms with Gasteiger partial charge in [0, 0.05) is 0 Å². The van der Waals surface area contributed by atoms with Crippen LogP contribution in [0.25, 0.3) is 0 Å². The standard InChI is InChI=1S/C14H18BN3O5S/c1-3-21-11(19)6-10-12-7(2)4-8(5-9(12)15(20)23-10)22-14(18)24-13(16)17/h4-5,10,18,20H,3,6H2,1-2H3,(H3,16,17)/p+1. The van der Waals surface area contributed by atoms with Gasteiger partial charge in [-0.3, -0.25) is 21.3 Å². The maximum absolute atomic E-state index is 11.7. The van der Waals surface area contributed by atoms with Crippen molar-refractivity contribution in [3.63, 3.8) is 0 Å². The summed E-state index contributed by atoms with van der Waals surface area (Å²) in [5.41, 5.74) is 7.32. The maximum atomic E-state index is 11.7. The number of rotatable bonds is 4. The number of hydrogen-bond acceptors (Lipinski definition) is 7. The maximum Gasteiger partial charge on any atom is 0.492 e. The Bertz CT molecular complexity index is 685. The van der Waals surface area contributed by atoms with E-state index in [-0.39, 0.29) is 23.4 Å². The number of benzene rings is 1. The van der Waals surface area contributed by atoms with E-state index in [1.165, 1.54) is 0 Å². The summed E-state index contributed by atoms with van der Waals surface area (Å²) in [6.45, 7) is 3.82. The van der Waals surface area contributed by atoms with Crippen LogP contribution in [-0.2, 0) is 14.2 Å². The molecule has 0 aliphatic carbocycles. The molecule has 10 heteroatoms. The molecule has 0 saturated heterocycles. The molecule has 1 heterocycles. The topological polar surface area (TPSA) is 140 Å². The Labute approximate surface area is 143 Å². The van der Waals surface area contributed by atoms with Gasteiger partial charge in [-0.15, -0.1) is 0 Å². The molecule has 8 nitrogen and oxygen atoms in total. The Balaban J connectivity index is 2.21. The second-order valence-electron chi connectivity index (χ2n) is 5.12. The first-order chi connectivity index (χ1) is 11.3. The molecule has 1 unspecified atom stereocenters. The van der Waals surface area contributed by atoms with Crippen LogP contribution in [0.5, 0.6) is 5.75 Å². The van der Waals surface area contributed by atoms with Crippen molar-refractivity contribution in [3.8, 4) is 5.75 Å². The number of nitrogens with one attached hydrogen (secondary N) is 1. The Morgan fingerprint density at radius 1 is 1.58 bits per heavy atom. The van der Waals surface area contributed by atoms with Crippen molar-refractivity contribution in [1.29, 1.82) is 5.41 Å². The molecule has 6 N–H and O–H groups in total. The molecular formula is C14H19BN3O5S+. The summed E-state index contributed by atoms with van der Waals surface area (Å²) < 4.78 is 15.7. The second kappa shape index (κ2) is 7.69. The molecule has 1 aromatic carbocycles. The van der Waals surface area contributed by atoms with Crippen LogP contribution in [0.3, 0.4) is 0 Å². The summed E-state index contributed by atoms with van der Waals surface area (Å²) >= 11 is 0.782.